The van der Waals surface area contributed by atoms with Crippen molar-refractivity contribution < 1.29 is 22.7 Å². The van der Waals surface area contributed by atoms with Gasteiger partial charge in [-0.15, -0.1) is 0 Å². The van der Waals surface area contributed by atoms with Crippen molar-refractivity contribution in [1.29, 1.82) is 0 Å². The van der Waals surface area contributed by atoms with E-state index in [1.807, 2.05) is 0 Å². The van der Waals surface area contributed by atoms with Crippen LogP contribution in [0.2, 0.25) is 0 Å². The van der Waals surface area contributed by atoms with E-state index in [9.17, 15) is 18.0 Å². The highest BCUT2D eigenvalue weighted by molar-refractivity contribution is 5.95. The quantitative estimate of drug-likeness (QED) is 0.845. The van der Waals surface area contributed by atoms with Crippen LogP contribution in [0.5, 0.6) is 0 Å². The molecule has 0 unspecified atom stereocenters. The van der Waals surface area contributed by atoms with Crippen LogP contribution in [0.15, 0.2) is 18.2 Å². The lowest BCUT2D eigenvalue weighted by atomic mass is 10.1. The molecule has 1 aromatic carbocycles. The van der Waals surface area contributed by atoms with Gasteiger partial charge in [0.25, 0.3) is 0 Å². The second-order valence-electron chi connectivity index (χ2n) is 3.51. The van der Waals surface area contributed by atoms with Crippen LogP contribution in [0.3, 0.4) is 0 Å². The fourth-order valence-corrected chi connectivity index (χ4v) is 1.44. The zero-order valence-electron chi connectivity index (χ0n) is 10.1. The van der Waals surface area contributed by atoms with E-state index in [1.165, 1.54) is 0 Å². The van der Waals surface area contributed by atoms with Gasteiger partial charge in [0.05, 0.1) is 17.7 Å². The van der Waals surface area contributed by atoms with Gasteiger partial charge in [-0.05, 0) is 32.0 Å². The molecule has 0 spiro atoms. The number of carbonyl (C=O) groups is 1. The minimum absolute atomic E-state index is 0.103. The second kappa shape index (κ2) is 5.75. The average Bonchev–Trinajstić information content (AvgIpc) is 2.28. The molecule has 1 rings (SSSR count). The Morgan fingerprint density at radius 3 is 2.50 bits per heavy atom. The number of alkyl halides is 3. The third kappa shape index (κ3) is 3.38. The smallest absolute Gasteiger partial charge is 0.416 e. The molecule has 3 nitrogen and oxygen atoms in total. The Bertz CT molecular complexity index is 430. The largest absolute Gasteiger partial charge is 0.462 e. The molecule has 1 N–H and O–H groups in total. The number of hydrogen-bond acceptors (Lipinski definition) is 3. The molecule has 0 heterocycles. The third-order valence-electron chi connectivity index (χ3n) is 2.21. The number of hydrogen-bond donors (Lipinski definition) is 1. The van der Waals surface area contributed by atoms with Gasteiger partial charge in [-0.2, -0.15) is 13.2 Å². The minimum Gasteiger partial charge on any atom is -0.462 e. The van der Waals surface area contributed by atoms with Crippen LogP contribution in [0.1, 0.15) is 29.8 Å². The highest BCUT2D eigenvalue weighted by Crippen LogP contribution is 2.32. The number of benzene rings is 1. The number of carbonyl (C=O) groups excluding carboxylic acids is 1. The molecule has 0 radical (unpaired) electrons. The molecule has 0 aliphatic carbocycles. The fourth-order valence-electron chi connectivity index (χ4n) is 1.44. The predicted molar refractivity (Wildman–Crippen MR) is 61.6 cm³/mol. The predicted octanol–water partition coefficient (Wildman–Crippen LogP) is 3.31. The first-order valence-electron chi connectivity index (χ1n) is 5.52. The molecule has 0 atom stereocenters. The molecule has 18 heavy (non-hydrogen) atoms. The molecule has 0 saturated heterocycles. The minimum atomic E-state index is -4.43. The van der Waals surface area contributed by atoms with Crippen molar-refractivity contribution >= 4 is 11.7 Å². The van der Waals surface area contributed by atoms with Crippen molar-refractivity contribution in [2.45, 2.75) is 20.0 Å². The summed E-state index contributed by atoms with van der Waals surface area (Å²) in [4.78, 5) is 11.6. The Labute approximate surface area is 103 Å². The lowest BCUT2D eigenvalue weighted by Crippen LogP contribution is -2.12. The van der Waals surface area contributed by atoms with Crippen LogP contribution in [0, 0.1) is 0 Å². The summed E-state index contributed by atoms with van der Waals surface area (Å²) in [6.07, 6.45) is -4.43. The molecule has 0 amide bonds. The van der Waals surface area contributed by atoms with Gasteiger partial charge >= 0.3 is 12.1 Å². The topological polar surface area (TPSA) is 38.3 Å². The van der Waals surface area contributed by atoms with E-state index in [-0.39, 0.29) is 17.9 Å². The summed E-state index contributed by atoms with van der Waals surface area (Å²) in [5.74, 6) is -0.637. The summed E-state index contributed by atoms with van der Waals surface area (Å²) in [5.41, 5.74) is -0.566. The maximum Gasteiger partial charge on any atom is 0.416 e. The molecule has 6 heteroatoms. The first-order chi connectivity index (χ1) is 8.40. The van der Waals surface area contributed by atoms with E-state index in [0.29, 0.717) is 6.54 Å². The van der Waals surface area contributed by atoms with Crippen molar-refractivity contribution in [2.24, 2.45) is 0 Å². The molecule has 0 bridgehead atoms. The number of halogens is 3. The summed E-state index contributed by atoms with van der Waals surface area (Å²) < 4.78 is 42.4. The van der Waals surface area contributed by atoms with Crippen molar-refractivity contribution in [3.05, 3.63) is 29.3 Å². The van der Waals surface area contributed by atoms with Gasteiger partial charge in [0.2, 0.25) is 0 Å². The van der Waals surface area contributed by atoms with Gasteiger partial charge in [0.15, 0.2) is 0 Å². The van der Waals surface area contributed by atoms with E-state index in [2.05, 4.69) is 5.32 Å². The molecule has 0 fully saturated rings. The summed E-state index contributed by atoms with van der Waals surface area (Å²) in [5, 5.41) is 2.73. The Balaban J connectivity index is 3.16. The van der Waals surface area contributed by atoms with Crippen LogP contribution in [-0.4, -0.2) is 19.1 Å². The molecule has 0 aromatic heterocycles. The van der Waals surface area contributed by atoms with Gasteiger partial charge in [-0.3, -0.25) is 0 Å². The number of rotatable bonds is 4. The third-order valence-corrected chi connectivity index (χ3v) is 2.21. The van der Waals surface area contributed by atoms with E-state index in [0.717, 1.165) is 18.2 Å². The van der Waals surface area contributed by atoms with Crippen LogP contribution in [0.25, 0.3) is 0 Å². The van der Waals surface area contributed by atoms with Crippen molar-refractivity contribution in [2.75, 3.05) is 18.5 Å². The maximum atomic E-state index is 12.5. The first-order valence-corrected chi connectivity index (χ1v) is 5.52. The lowest BCUT2D eigenvalue weighted by Gasteiger charge is -2.13. The van der Waals surface area contributed by atoms with Gasteiger partial charge in [-0.25, -0.2) is 4.79 Å². The zero-order chi connectivity index (χ0) is 13.8. The standard InChI is InChI=1S/C12H14F3NO2/c1-3-16-10-7-8(12(13,14)15)5-6-9(10)11(17)18-4-2/h5-7,16H,3-4H2,1-2H3. The molecule has 0 aliphatic rings. The molecule has 0 aliphatic heterocycles. The summed E-state index contributed by atoms with van der Waals surface area (Å²) in [7, 11) is 0. The van der Waals surface area contributed by atoms with E-state index < -0.39 is 17.7 Å². The Kier molecular flexibility index (Phi) is 4.58. The van der Waals surface area contributed by atoms with Crippen LogP contribution >= 0.6 is 0 Å². The highest BCUT2D eigenvalue weighted by Gasteiger charge is 2.31. The van der Waals surface area contributed by atoms with Crippen LogP contribution in [-0.2, 0) is 10.9 Å². The van der Waals surface area contributed by atoms with Gasteiger partial charge < -0.3 is 10.1 Å². The number of esters is 1. The fraction of sp³-hybridized carbons (Fsp3) is 0.417. The molecular formula is C12H14F3NO2. The van der Waals surface area contributed by atoms with Gasteiger partial charge in [0, 0.05) is 12.2 Å². The second-order valence-corrected chi connectivity index (χ2v) is 3.51. The van der Waals surface area contributed by atoms with E-state index in [4.69, 9.17) is 4.74 Å². The van der Waals surface area contributed by atoms with E-state index in [1.54, 1.807) is 13.8 Å². The maximum absolute atomic E-state index is 12.5. The average molecular weight is 261 g/mol. The number of anilines is 1. The Morgan fingerprint density at radius 2 is 2.00 bits per heavy atom. The monoisotopic (exact) mass is 261 g/mol. The molecular weight excluding hydrogens is 247 g/mol. The SMILES string of the molecule is CCNc1cc(C(F)(F)F)ccc1C(=O)OCC. The van der Waals surface area contributed by atoms with E-state index >= 15 is 0 Å². The normalized spacial score (nSPS) is 11.2. The van der Waals surface area contributed by atoms with Gasteiger partial charge in [0.1, 0.15) is 0 Å². The molecule has 100 valence electrons. The highest BCUT2D eigenvalue weighted by atomic mass is 19.4. The van der Waals surface area contributed by atoms with Crippen LogP contribution < -0.4 is 5.32 Å². The van der Waals surface area contributed by atoms with Crippen molar-refractivity contribution in [3.63, 3.8) is 0 Å². The summed E-state index contributed by atoms with van der Waals surface area (Å²) in [6.45, 7) is 3.95. The Hall–Kier alpha value is -1.72. The molecule has 0 saturated carbocycles. The molecule has 1 aromatic rings. The number of ether oxygens (including phenoxy) is 1. The first kappa shape index (κ1) is 14.3. The van der Waals surface area contributed by atoms with Gasteiger partial charge in [-0.1, -0.05) is 0 Å². The summed E-state index contributed by atoms with van der Waals surface area (Å²) >= 11 is 0. The van der Waals surface area contributed by atoms with Crippen molar-refractivity contribution in [3.8, 4) is 0 Å². The lowest BCUT2D eigenvalue weighted by molar-refractivity contribution is -0.137. The Morgan fingerprint density at radius 1 is 1.33 bits per heavy atom. The van der Waals surface area contributed by atoms with Crippen molar-refractivity contribution in [1.82, 2.24) is 0 Å². The summed E-state index contributed by atoms with van der Waals surface area (Å²) in [6, 6.07) is 2.90. The zero-order valence-corrected chi connectivity index (χ0v) is 10.1. The number of nitrogens with one attached hydrogen (secondary N) is 1. The van der Waals surface area contributed by atoms with Crippen LogP contribution in [0.4, 0.5) is 18.9 Å².